The Morgan fingerprint density at radius 3 is 1.40 bits per heavy atom. The lowest BCUT2D eigenvalue weighted by Gasteiger charge is -2.33. The van der Waals surface area contributed by atoms with Crippen LogP contribution in [-0.2, 0) is 9.53 Å². The first kappa shape index (κ1) is 81.5. The predicted octanol–water partition coefficient (Wildman–Crippen LogP) is 27.6. The topological polar surface area (TPSA) is 148 Å². The monoisotopic (exact) mass is 1510 g/mol. The number of nitriles is 1. The lowest BCUT2D eigenvalue weighted by molar-refractivity contribution is -0.133. The summed E-state index contributed by atoms with van der Waals surface area (Å²) in [4.78, 5) is 39.2. The number of nitrogens with zero attached hydrogens (tertiary/aromatic N) is 4. The van der Waals surface area contributed by atoms with Gasteiger partial charge in [0, 0.05) is 64.9 Å². The Balaban J connectivity index is 1.18. The summed E-state index contributed by atoms with van der Waals surface area (Å²) < 4.78 is 33.3. The van der Waals surface area contributed by atoms with Crippen LogP contribution in [0.4, 0.5) is 11.4 Å². The van der Waals surface area contributed by atoms with Gasteiger partial charge >= 0.3 is 5.97 Å². The Labute approximate surface area is 663 Å². The van der Waals surface area contributed by atoms with Crippen LogP contribution in [0.15, 0.2) is 143 Å². The van der Waals surface area contributed by atoms with Crippen LogP contribution in [0.2, 0.25) is 0 Å². The lowest BCUT2D eigenvalue weighted by atomic mass is 10.0. The molecule has 3 aliphatic rings. The molecule has 4 aromatic heterocycles. The highest BCUT2D eigenvalue weighted by Gasteiger charge is 2.27. The van der Waals surface area contributed by atoms with Gasteiger partial charge in [0.1, 0.15) is 34.6 Å². The molecule has 11 rings (SSSR count). The average molecular weight is 1510 g/mol. The molecular formula is C96H114N6O6S2. The molecule has 110 heavy (non-hydrogen) atoms. The van der Waals surface area contributed by atoms with Crippen LogP contribution < -0.4 is 23.8 Å². The van der Waals surface area contributed by atoms with E-state index in [9.17, 15) is 10.1 Å². The summed E-state index contributed by atoms with van der Waals surface area (Å²) in [6.07, 6.45) is 45.4. The number of anilines is 2. The molecule has 2 N–H and O–H groups in total. The number of hydrogen-bond donors (Lipinski definition) is 2. The van der Waals surface area contributed by atoms with E-state index in [1.807, 2.05) is 36.0 Å². The van der Waals surface area contributed by atoms with Gasteiger partial charge in [-0.25, -0.2) is 14.8 Å². The van der Waals surface area contributed by atoms with Gasteiger partial charge in [-0.3, -0.25) is 0 Å². The first-order valence-corrected chi connectivity index (χ1v) is 43.1. The molecule has 4 aromatic carbocycles. The fourth-order valence-corrected chi connectivity index (χ4v) is 16.8. The van der Waals surface area contributed by atoms with E-state index in [4.69, 9.17) is 33.7 Å². The summed E-state index contributed by atoms with van der Waals surface area (Å²) in [5.41, 5.74) is 13.8. The third-order valence-corrected chi connectivity index (χ3v) is 22.8. The van der Waals surface area contributed by atoms with Crippen molar-refractivity contribution >= 4 is 92.9 Å². The van der Waals surface area contributed by atoms with Crippen LogP contribution >= 0.6 is 23.1 Å². The van der Waals surface area contributed by atoms with Crippen molar-refractivity contribution in [3.8, 4) is 73.6 Å². The summed E-state index contributed by atoms with van der Waals surface area (Å²) in [5.74, 6) is 9.62. The Bertz CT molecular complexity index is 4590. The summed E-state index contributed by atoms with van der Waals surface area (Å²) in [7, 11) is 0. The Hall–Kier alpha value is -9.47. The third-order valence-electron chi connectivity index (χ3n) is 20.6. The van der Waals surface area contributed by atoms with Crippen molar-refractivity contribution in [2.24, 2.45) is 0 Å². The predicted molar refractivity (Wildman–Crippen MR) is 462 cm³/mol. The van der Waals surface area contributed by atoms with Gasteiger partial charge in [-0.05, 0) is 153 Å². The standard InChI is InChI=1S/C96H114N6O6S2/c1-7-13-18-23-28-35-62-102-82-42-33-34-47-88(82)110-89-60-49-70(67-83(89)102)48-51-73-74-52-54-78(98-74)92(94-84(105-63-36-29-24-19-14-8-2)43-40-44-85(94)106-64-37-30-25-20-15-9-3)80-58-56-76(100-80)91(90-61-50-72(109-90)68-71(69-97)96(103)104-12-6)77-57-59-81(101-77)93(79-55-53-75(73)99-79)95-86(107-65-38-31-26-21-16-10-4)45-41-46-87(95)108-66-39-32-27-22-17-11-5/h12,33-34,40-47,49-50,52-61,67-68,98,101H,6-11,13-32,35-39,62-66H2,1-5H3/b71-68+,74-73?,75-73?,91-76?,91-77?,92-78?,92-80?,93-79?,93-81?. The number of ether oxygens (including phenoxy) is 5. The van der Waals surface area contributed by atoms with Crippen LogP contribution in [0.5, 0.6) is 23.0 Å². The zero-order valence-electron chi connectivity index (χ0n) is 65.9. The number of hydrogen-bond acceptors (Lipinski definition) is 12. The molecule has 3 aliphatic heterocycles. The fourth-order valence-electron chi connectivity index (χ4n) is 14.7. The second kappa shape index (κ2) is 43.8. The van der Waals surface area contributed by atoms with Crippen molar-refractivity contribution in [2.75, 3.05) is 37.9 Å². The van der Waals surface area contributed by atoms with Crippen molar-refractivity contribution in [2.45, 2.75) is 237 Å². The van der Waals surface area contributed by atoms with E-state index in [-0.39, 0.29) is 5.57 Å². The van der Waals surface area contributed by atoms with Crippen molar-refractivity contribution in [3.05, 3.63) is 172 Å². The van der Waals surface area contributed by atoms with E-state index in [0.717, 1.165) is 157 Å². The normalized spacial score (nSPS) is 12.1. The van der Waals surface area contributed by atoms with Crippen LogP contribution in [0, 0.1) is 23.2 Å². The van der Waals surface area contributed by atoms with Crippen LogP contribution in [0.3, 0.4) is 0 Å². The summed E-state index contributed by atoms with van der Waals surface area (Å²) in [5, 5.41) is 10.3. The number of carbonyl (C=O) groups is 1. The van der Waals surface area contributed by atoms with Crippen molar-refractivity contribution in [1.82, 2.24) is 19.9 Å². The molecule has 0 saturated carbocycles. The number of aromatic nitrogens is 4. The van der Waals surface area contributed by atoms with Crippen molar-refractivity contribution in [3.63, 3.8) is 0 Å². The highest BCUT2D eigenvalue weighted by atomic mass is 32.2. The Kier molecular flexibility index (Phi) is 32.5. The number of thiophene rings is 1. The minimum atomic E-state index is -0.783. The second-order valence-electron chi connectivity index (χ2n) is 29.1. The van der Waals surface area contributed by atoms with Crippen LogP contribution in [0.1, 0.15) is 266 Å². The number of fused-ring (bicyclic) bond motifs is 10. The molecular weight excluding hydrogens is 1400 g/mol. The molecule has 0 saturated heterocycles. The number of para-hydroxylation sites is 1. The van der Waals surface area contributed by atoms with E-state index < -0.39 is 5.97 Å². The first-order chi connectivity index (χ1) is 54.2. The third kappa shape index (κ3) is 22.2. The number of H-pyrrole nitrogens is 2. The quantitative estimate of drug-likeness (QED) is 0.00938. The van der Waals surface area contributed by atoms with E-state index in [1.54, 1.807) is 6.08 Å². The molecule has 8 aromatic rings. The van der Waals surface area contributed by atoms with E-state index in [1.165, 1.54) is 142 Å². The molecule has 14 heteroatoms. The number of aromatic amines is 2. The number of carbonyl (C=O) groups excluding carboxylic acids is 1. The minimum absolute atomic E-state index is 0.151. The van der Waals surface area contributed by atoms with Crippen molar-refractivity contribution in [1.29, 1.82) is 5.26 Å². The molecule has 0 amide bonds. The average Bonchev–Trinajstić information content (AvgIpc) is 1.55. The Morgan fingerprint density at radius 2 is 0.891 bits per heavy atom. The number of benzene rings is 4. The molecule has 0 spiro atoms. The van der Waals surface area contributed by atoms with Gasteiger partial charge < -0.3 is 38.6 Å². The minimum Gasteiger partial charge on any atom is -0.493 e. The molecule has 0 radical (unpaired) electrons. The number of nitrogens with one attached hydrogen (secondary N) is 2. The molecule has 7 heterocycles. The number of unbranched alkanes of at least 4 members (excludes halogenated alkanes) is 25. The zero-order valence-corrected chi connectivity index (χ0v) is 67.6. The maximum Gasteiger partial charge on any atom is 0.353 e. The van der Waals surface area contributed by atoms with Crippen molar-refractivity contribution < 1.29 is 28.5 Å². The van der Waals surface area contributed by atoms with E-state index in [2.05, 4.69) is 189 Å². The maximum atomic E-state index is 13.1. The van der Waals surface area contributed by atoms with Crippen LogP contribution in [0.25, 0.3) is 85.1 Å². The smallest absolute Gasteiger partial charge is 0.353 e. The zero-order chi connectivity index (χ0) is 76.5. The molecule has 0 fully saturated rings. The summed E-state index contributed by atoms with van der Waals surface area (Å²) >= 11 is 3.27. The number of rotatable bonds is 45. The van der Waals surface area contributed by atoms with Gasteiger partial charge in [0.05, 0.1) is 89.0 Å². The molecule has 12 nitrogen and oxygen atoms in total. The molecule has 8 bridgehead atoms. The summed E-state index contributed by atoms with van der Waals surface area (Å²) in [6.45, 7) is 17.9. The lowest BCUT2D eigenvalue weighted by Crippen LogP contribution is -2.22. The van der Waals surface area contributed by atoms with Gasteiger partial charge in [0.15, 0.2) is 0 Å². The van der Waals surface area contributed by atoms with Gasteiger partial charge in [0.25, 0.3) is 0 Å². The molecule has 576 valence electrons. The molecule has 0 unspecified atom stereocenters. The first-order valence-electron chi connectivity index (χ1n) is 41.4. The van der Waals surface area contributed by atoms with E-state index >= 15 is 0 Å². The molecule has 0 aliphatic carbocycles. The number of esters is 1. The van der Waals surface area contributed by atoms with Gasteiger partial charge in [0.2, 0.25) is 0 Å². The maximum absolute atomic E-state index is 13.1. The second-order valence-corrected chi connectivity index (χ2v) is 31.3. The highest BCUT2D eigenvalue weighted by molar-refractivity contribution is 7.99. The molecule has 0 atom stereocenters. The van der Waals surface area contributed by atoms with Crippen LogP contribution in [-0.4, -0.2) is 58.9 Å². The summed E-state index contributed by atoms with van der Waals surface area (Å²) in [6, 6.07) is 42.4. The fraction of sp³-hybridized carbons (Fsp3) is 0.417. The SMILES string of the molecule is C=COC(=O)/C(C#N)=C/c1ccc(-c2c3nc(c(-c4c(OCCCCCCCC)cccc4OCCCCCCCC)c4ccc([nH]4)c(C#Cc4ccc5c(c4)N(CCCCCCCC)c4ccccc4S5)c4nc(c(-c5c(OCCCCCCCC)cccc5OCCCCCCCC)c5ccc2[nH]5)C=C4)C=C3)s1. The highest BCUT2D eigenvalue weighted by Crippen LogP contribution is 2.50. The van der Waals surface area contributed by atoms with E-state index in [0.29, 0.717) is 82.6 Å². The van der Waals surface area contributed by atoms with Gasteiger partial charge in [-0.15, -0.1) is 11.3 Å². The van der Waals surface area contributed by atoms with Gasteiger partial charge in [-0.2, -0.15) is 5.26 Å². The Morgan fingerprint density at radius 1 is 0.455 bits per heavy atom. The van der Waals surface area contributed by atoms with Gasteiger partial charge in [-0.1, -0.05) is 250 Å². The largest absolute Gasteiger partial charge is 0.493 e.